The van der Waals surface area contributed by atoms with Crippen LogP contribution in [0, 0.1) is 11.3 Å². The summed E-state index contributed by atoms with van der Waals surface area (Å²) in [5.41, 5.74) is 3.17. The summed E-state index contributed by atoms with van der Waals surface area (Å²) in [4.78, 5) is 41.3. The lowest BCUT2D eigenvalue weighted by Gasteiger charge is -2.42. The van der Waals surface area contributed by atoms with E-state index in [0.717, 1.165) is 22.3 Å². The first-order chi connectivity index (χ1) is 17.6. The van der Waals surface area contributed by atoms with Crippen molar-refractivity contribution in [2.24, 2.45) is 11.3 Å². The number of ether oxygens (including phenoxy) is 2. The van der Waals surface area contributed by atoms with Crippen molar-refractivity contribution in [3.8, 4) is 11.1 Å². The average Bonchev–Trinajstić information content (AvgIpc) is 3.38. The first-order valence-electron chi connectivity index (χ1n) is 12.9. The van der Waals surface area contributed by atoms with Crippen LogP contribution in [0.5, 0.6) is 0 Å². The lowest BCUT2D eigenvalue weighted by atomic mass is 9.72. The highest BCUT2D eigenvalue weighted by Gasteiger charge is 2.54. The Morgan fingerprint density at radius 2 is 1.54 bits per heavy atom. The maximum atomic E-state index is 13.2. The van der Waals surface area contributed by atoms with Gasteiger partial charge in [-0.05, 0) is 55.9 Å². The summed E-state index contributed by atoms with van der Waals surface area (Å²) in [5, 5.41) is 10.0. The number of rotatable bonds is 3. The number of amides is 2. The highest BCUT2D eigenvalue weighted by atomic mass is 16.6. The summed E-state index contributed by atoms with van der Waals surface area (Å²) >= 11 is 0. The monoisotopic (exact) mass is 506 g/mol. The van der Waals surface area contributed by atoms with E-state index in [1.54, 1.807) is 25.7 Å². The molecule has 1 N–H and O–H groups in total. The number of nitrogens with zero attached hydrogens (tertiary/aromatic N) is 2. The molecule has 2 heterocycles. The van der Waals surface area contributed by atoms with Crippen LogP contribution in [0.3, 0.4) is 0 Å². The molecule has 2 fully saturated rings. The van der Waals surface area contributed by atoms with E-state index in [9.17, 15) is 19.5 Å². The Labute approximate surface area is 217 Å². The second kappa shape index (κ2) is 9.39. The minimum absolute atomic E-state index is 0.0637. The molecule has 2 aromatic carbocycles. The second-order valence-electron chi connectivity index (χ2n) is 11.4. The molecular weight excluding hydrogens is 472 g/mol. The highest BCUT2D eigenvalue weighted by molar-refractivity contribution is 5.79. The van der Waals surface area contributed by atoms with Crippen molar-refractivity contribution in [3.63, 3.8) is 0 Å². The Balaban J connectivity index is 1.29. The zero-order chi connectivity index (χ0) is 26.4. The van der Waals surface area contributed by atoms with Gasteiger partial charge < -0.3 is 24.4 Å². The van der Waals surface area contributed by atoms with Crippen LogP contribution in [0.4, 0.5) is 9.59 Å². The van der Waals surface area contributed by atoms with Gasteiger partial charge in [-0.3, -0.25) is 4.79 Å². The normalized spacial score (nSPS) is 23.1. The van der Waals surface area contributed by atoms with Crippen LogP contribution in [0.2, 0.25) is 0 Å². The van der Waals surface area contributed by atoms with Crippen molar-refractivity contribution in [3.05, 3.63) is 59.7 Å². The van der Waals surface area contributed by atoms with Crippen molar-refractivity contribution >= 4 is 18.2 Å². The summed E-state index contributed by atoms with van der Waals surface area (Å²) in [6.07, 6.45) is 0.313. The molecule has 2 unspecified atom stereocenters. The molecule has 0 aromatic heterocycles. The molecular formula is C29H34N2O6. The number of likely N-dealkylation sites (tertiary alicyclic amines) is 2. The molecule has 0 radical (unpaired) electrons. The lowest BCUT2D eigenvalue weighted by Crippen LogP contribution is -2.52. The Bertz CT molecular complexity index is 1180. The molecule has 3 aliphatic rings. The van der Waals surface area contributed by atoms with Crippen molar-refractivity contribution in [1.29, 1.82) is 0 Å². The molecule has 5 rings (SSSR count). The van der Waals surface area contributed by atoms with Crippen molar-refractivity contribution in [2.45, 2.75) is 45.1 Å². The summed E-state index contributed by atoms with van der Waals surface area (Å²) < 4.78 is 11.4. The van der Waals surface area contributed by atoms with Crippen LogP contribution in [-0.4, -0.2) is 71.4 Å². The number of fused-ring (bicyclic) bond motifs is 3. The van der Waals surface area contributed by atoms with Gasteiger partial charge in [0.1, 0.15) is 12.2 Å². The van der Waals surface area contributed by atoms with E-state index in [-0.39, 0.29) is 32.2 Å². The number of benzene rings is 2. The number of hydrogen-bond acceptors (Lipinski definition) is 5. The van der Waals surface area contributed by atoms with Gasteiger partial charge in [0, 0.05) is 37.5 Å². The Kier molecular flexibility index (Phi) is 6.38. The molecule has 1 spiro atoms. The van der Waals surface area contributed by atoms with Gasteiger partial charge in [0.2, 0.25) is 0 Å². The topological polar surface area (TPSA) is 96.4 Å². The number of aliphatic carboxylic acids is 1. The number of hydrogen-bond donors (Lipinski definition) is 1. The third-order valence-electron chi connectivity index (χ3n) is 7.80. The van der Waals surface area contributed by atoms with Gasteiger partial charge in [-0.15, -0.1) is 0 Å². The van der Waals surface area contributed by atoms with E-state index in [1.807, 2.05) is 24.3 Å². The largest absolute Gasteiger partial charge is 0.481 e. The van der Waals surface area contributed by atoms with Gasteiger partial charge in [-0.1, -0.05) is 48.5 Å². The Morgan fingerprint density at radius 3 is 2.14 bits per heavy atom. The van der Waals surface area contributed by atoms with Crippen LogP contribution in [0.1, 0.15) is 50.7 Å². The first-order valence-corrected chi connectivity index (χ1v) is 12.9. The third-order valence-corrected chi connectivity index (χ3v) is 7.80. The van der Waals surface area contributed by atoms with Gasteiger partial charge >= 0.3 is 18.2 Å². The molecule has 2 amide bonds. The molecule has 1 aliphatic carbocycles. The molecule has 8 nitrogen and oxygen atoms in total. The molecule has 2 aromatic rings. The van der Waals surface area contributed by atoms with E-state index < -0.39 is 35.1 Å². The van der Waals surface area contributed by atoms with Gasteiger partial charge in [0.05, 0.1) is 5.92 Å². The molecule has 37 heavy (non-hydrogen) atoms. The van der Waals surface area contributed by atoms with Crippen molar-refractivity contribution in [1.82, 2.24) is 9.80 Å². The molecule has 2 saturated heterocycles. The predicted molar refractivity (Wildman–Crippen MR) is 137 cm³/mol. The average molecular weight is 507 g/mol. The maximum Gasteiger partial charge on any atom is 0.410 e. The number of piperidine rings is 1. The number of carboxylic acid groups (broad SMARTS) is 1. The summed E-state index contributed by atoms with van der Waals surface area (Å²) in [7, 11) is 0. The van der Waals surface area contributed by atoms with Gasteiger partial charge in [-0.25, -0.2) is 9.59 Å². The van der Waals surface area contributed by atoms with Gasteiger partial charge in [-0.2, -0.15) is 0 Å². The number of carbonyl (C=O) groups excluding carboxylic acids is 2. The van der Waals surface area contributed by atoms with Crippen LogP contribution in [0.15, 0.2) is 48.5 Å². The Morgan fingerprint density at radius 1 is 0.946 bits per heavy atom. The molecule has 2 aliphatic heterocycles. The maximum absolute atomic E-state index is 13.2. The summed E-state index contributed by atoms with van der Waals surface area (Å²) in [6.45, 7) is 6.64. The Hall–Kier alpha value is -3.55. The van der Waals surface area contributed by atoms with E-state index >= 15 is 0 Å². The van der Waals surface area contributed by atoms with Crippen LogP contribution < -0.4 is 0 Å². The van der Waals surface area contributed by atoms with Gasteiger partial charge in [0.15, 0.2) is 0 Å². The molecule has 2 atom stereocenters. The third kappa shape index (κ3) is 4.77. The number of carbonyl (C=O) groups is 3. The lowest BCUT2D eigenvalue weighted by molar-refractivity contribution is -0.146. The van der Waals surface area contributed by atoms with Gasteiger partial charge in [0.25, 0.3) is 0 Å². The van der Waals surface area contributed by atoms with Crippen LogP contribution in [0.25, 0.3) is 11.1 Å². The smallest absolute Gasteiger partial charge is 0.410 e. The van der Waals surface area contributed by atoms with E-state index in [1.165, 1.54) is 4.90 Å². The second-order valence-corrected chi connectivity index (χ2v) is 11.4. The predicted octanol–water partition coefficient (Wildman–Crippen LogP) is 4.97. The van der Waals surface area contributed by atoms with Crippen molar-refractivity contribution in [2.75, 3.05) is 32.8 Å². The minimum Gasteiger partial charge on any atom is -0.481 e. The number of carboxylic acids is 1. The van der Waals surface area contributed by atoms with Crippen molar-refractivity contribution < 1.29 is 29.0 Å². The SMILES string of the molecule is CC(C)(C)OC(=O)N1CCCC2(CN(C(=O)OCC3c4ccccc4-c4ccccc43)CC2C(=O)O)C1. The van der Waals surface area contributed by atoms with E-state index in [4.69, 9.17) is 9.47 Å². The van der Waals surface area contributed by atoms with E-state index in [2.05, 4.69) is 24.3 Å². The van der Waals surface area contributed by atoms with Crippen LogP contribution >= 0.6 is 0 Å². The minimum atomic E-state index is -0.958. The molecule has 8 heteroatoms. The fraction of sp³-hybridized carbons (Fsp3) is 0.483. The standard InChI is InChI=1S/C29H34N2O6/c1-28(2,3)37-27(35)30-14-8-13-29(17-30)18-31(15-24(29)25(32)33)26(34)36-16-23-21-11-6-4-9-19(21)20-10-5-7-12-22(20)23/h4-7,9-12,23-24H,8,13-18H2,1-3H3,(H,32,33). The van der Waals surface area contributed by atoms with Crippen LogP contribution in [-0.2, 0) is 14.3 Å². The first kappa shape index (κ1) is 25.1. The fourth-order valence-corrected chi connectivity index (χ4v) is 6.19. The molecule has 0 saturated carbocycles. The van der Waals surface area contributed by atoms with E-state index in [0.29, 0.717) is 19.4 Å². The zero-order valence-corrected chi connectivity index (χ0v) is 21.6. The quantitative estimate of drug-likeness (QED) is 0.632. The summed E-state index contributed by atoms with van der Waals surface area (Å²) in [5.74, 6) is -1.81. The molecule has 196 valence electrons. The highest BCUT2D eigenvalue weighted by Crippen LogP contribution is 2.46. The molecule has 0 bridgehead atoms. The summed E-state index contributed by atoms with van der Waals surface area (Å²) in [6, 6.07) is 16.3. The zero-order valence-electron chi connectivity index (χ0n) is 21.6. The fourth-order valence-electron chi connectivity index (χ4n) is 6.19.